The minimum absolute atomic E-state index is 0.0644. The zero-order valence-corrected chi connectivity index (χ0v) is 15.2. The number of esters is 1. The molecular formula is C19H23N2O4+. The molecule has 132 valence electrons. The molecule has 0 amide bonds. The molecule has 2 heterocycles. The van der Waals surface area contributed by atoms with E-state index >= 15 is 0 Å². The summed E-state index contributed by atoms with van der Waals surface area (Å²) in [4.78, 5) is 39.5. The highest BCUT2D eigenvalue weighted by molar-refractivity contribution is 6.02. The van der Waals surface area contributed by atoms with Crippen LogP contribution in [-0.4, -0.2) is 29.1 Å². The molecule has 0 saturated heterocycles. The Morgan fingerprint density at radius 3 is 2.56 bits per heavy atom. The number of H-pyrrole nitrogens is 1. The van der Waals surface area contributed by atoms with Crippen molar-refractivity contribution in [3.63, 3.8) is 0 Å². The molecule has 0 aromatic carbocycles. The normalized spacial score (nSPS) is 11.9. The molecule has 6 nitrogen and oxygen atoms in total. The number of aromatic nitrogens is 2. The molecule has 2 aromatic rings. The maximum absolute atomic E-state index is 12.9. The summed E-state index contributed by atoms with van der Waals surface area (Å²) in [5.41, 5.74) is 2.51. The lowest BCUT2D eigenvalue weighted by Crippen LogP contribution is -2.42. The lowest BCUT2D eigenvalue weighted by molar-refractivity contribution is -0.704. The number of pyridine rings is 1. The SMILES string of the molecule is CCOC(=O)c1c(C)[nH]c(C(=O)[C@H](C)[n+]2cccc(C(C)=O)c2)c1C. The Morgan fingerprint density at radius 2 is 1.96 bits per heavy atom. The number of hydrogen-bond acceptors (Lipinski definition) is 4. The maximum Gasteiger partial charge on any atom is 0.340 e. The van der Waals surface area contributed by atoms with Crippen LogP contribution in [0.15, 0.2) is 24.5 Å². The number of ether oxygens (including phenoxy) is 1. The first-order valence-corrected chi connectivity index (χ1v) is 8.20. The number of carbonyl (C=O) groups excluding carboxylic acids is 3. The summed E-state index contributed by atoms with van der Waals surface area (Å²) in [5.74, 6) is -0.668. The lowest BCUT2D eigenvalue weighted by Gasteiger charge is -2.07. The summed E-state index contributed by atoms with van der Waals surface area (Å²) in [5, 5.41) is 0. The van der Waals surface area contributed by atoms with E-state index in [4.69, 9.17) is 4.74 Å². The molecule has 0 saturated carbocycles. The van der Waals surface area contributed by atoms with Gasteiger partial charge < -0.3 is 9.72 Å². The Bertz CT molecular complexity index is 836. The highest BCUT2D eigenvalue weighted by Gasteiger charge is 2.30. The molecule has 1 N–H and O–H groups in total. The van der Waals surface area contributed by atoms with Crippen molar-refractivity contribution in [1.82, 2.24) is 4.98 Å². The van der Waals surface area contributed by atoms with E-state index in [0.29, 0.717) is 28.1 Å². The van der Waals surface area contributed by atoms with Crippen molar-refractivity contribution in [3.8, 4) is 0 Å². The van der Waals surface area contributed by atoms with Crippen molar-refractivity contribution in [3.05, 3.63) is 52.6 Å². The van der Waals surface area contributed by atoms with Gasteiger partial charge in [-0.15, -0.1) is 0 Å². The van der Waals surface area contributed by atoms with Gasteiger partial charge >= 0.3 is 5.97 Å². The molecule has 0 radical (unpaired) electrons. The zero-order chi connectivity index (χ0) is 18.7. The van der Waals surface area contributed by atoms with Crippen molar-refractivity contribution >= 4 is 17.5 Å². The van der Waals surface area contributed by atoms with Crippen LogP contribution >= 0.6 is 0 Å². The molecule has 6 heteroatoms. The highest BCUT2D eigenvalue weighted by atomic mass is 16.5. The van der Waals surface area contributed by atoms with Crippen molar-refractivity contribution in [2.75, 3.05) is 6.61 Å². The van der Waals surface area contributed by atoms with Gasteiger partial charge in [-0.05, 0) is 39.3 Å². The molecule has 2 aromatic heterocycles. The predicted molar refractivity (Wildman–Crippen MR) is 91.9 cm³/mol. The van der Waals surface area contributed by atoms with Crippen LogP contribution in [0, 0.1) is 13.8 Å². The number of nitrogens with zero attached hydrogens (tertiary/aromatic N) is 1. The van der Waals surface area contributed by atoms with Crippen molar-refractivity contribution in [1.29, 1.82) is 0 Å². The second kappa shape index (κ2) is 7.42. The molecule has 0 fully saturated rings. The van der Waals surface area contributed by atoms with Crippen LogP contribution in [0.25, 0.3) is 0 Å². The van der Waals surface area contributed by atoms with E-state index in [1.165, 1.54) is 6.92 Å². The van der Waals surface area contributed by atoms with Crippen molar-refractivity contribution < 1.29 is 23.7 Å². The largest absolute Gasteiger partial charge is 0.462 e. The summed E-state index contributed by atoms with van der Waals surface area (Å²) in [6.45, 7) is 8.72. The van der Waals surface area contributed by atoms with Gasteiger partial charge in [0, 0.05) is 18.7 Å². The van der Waals surface area contributed by atoms with E-state index in [9.17, 15) is 14.4 Å². The number of Topliss-reactive ketones (excluding diaryl/α,β-unsaturated/α-hetero) is 2. The molecule has 0 bridgehead atoms. The number of nitrogens with one attached hydrogen (secondary N) is 1. The average Bonchev–Trinajstić information content (AvgIpc) is 2.88. The molecular weight excluding hydrogens is 320 g/mol. The molecule has 0 aliphatic heterocycles. The van der Waals surface area contributed by atoms with Gasteiger partial charge in [-0.1, -0.05) is 0 Å². The fourth-order valence-electron chi connectivity index (χ4n) is 2.79. The molecule has 25 heavy (non-hydrogen) atoms. The third-order valence-electron chi connectivity index (χ3n) is 4.22. The van der Waals surface area contributed by atoms with Crippen LogP contribution in [-0.2, 0) is 4.74 Å². The standard InChI is InChI=1S/C19H22N2O4/c1-6-25-19(24)16-11(2)17(20-12(16)3)18(23)13(4)21-9-7-8-15(10-21)14(5)22/h7-10,13H,6H2,1-5H3/p+1/t13-/m0/s1. The average molecular weight is 343 g/mol. The number of hydrogen-bond donors (Lipinski definition) is 1. The van der Waals surface area contributed by atoms with Crippen LogP contribution in [0.4, 0.5) is 0 Å². The van der Waals surface area contributed by atoms with Gasteiger partial charge in [0.2, 0.25) is 11.8 Å². The summed E-state index contributed by atoms with van der Waals surface area (Å²) in [7, 11) is 0. The van der Waals surface area contributed by atoms with Gasteiger partial charge in [0.1, 0.15) is 0 Å². The second-order valence-corrected chi connectivity index (χ2v) is 5.98. The molecule has 0 aliphatic rings. The number of rotatable bonds is 6. The fourth-order valence-corrected chi connectivity index (χ4v) is 2.79. The maximum atomic E-state index is 12.9. The first kappa shape index (κ1) is 18.6. The third-order valence-corrected chi connectivity index (χ3v) is 4.22. The van der Waals surface area contributed by atoms with E-state index in [-0.39, 0.29) is 18.2 Å². The van der Waals surface area contributed by atoms with Gasteiger partial charge in [-0.25, -0.2) is 4.79 Å². The van der Waals surface area contributed by atoms with Crippen LogP contribution in [0.3, 0.4) is 0 Å². The number of carbonyl (C=O) groups is 3. The van der Waals surface area contributed by atoms with Gasteiger partial charge in [-0.2, -0.15) is 4.57 Å². The minimum Gasteiger partial charge on any atom is -0.462 e. The van der Waals surface area contributed by atoms with Crippen LogP contribution in [0.1, 0.15) is 69.3 Å². The summed E-state index contributed by atoms with van der Waals surface area (Å²) < 4.78 is 6.75. The molecule has 2 rings (SSSR count). The summed E-state index contributed by atoms with van der Waals surface area (Å²) in [6, 6.07) is 2.92. The van der Waals surface area contributed by atoms with Gasteiger partial charge in [0.25, 0.3) is 0 Å². The highest BCUT2D eigenvalue weighted by Crippen LogP contribution is 2.21. The van der Waals surface area contributed by atoms with Crippen LogP contribution < -0.4 is 4.57 Å². The molecule has 0 aliphatic carbocycles. The number of aromatic amines is 1. The fraction of sp³-hybridized carbons (Fsp3) is 0.368. The smallest absolute Gasteiger partial charge is 0.340 e. The van der Waals surface area contributed by atoms with E-state index in [2.05, 4.69) is 4.98 Å². The topological polar surface area (TPSA) is 80.1 Å². The van der Waals surface area contributed by atoms with Gasteiger partial charge in [0.15, 0.2) is 18.2 Å². The monoisotopic (exact) mass is 343 g/mol. The van der Waals surface area contributed by atoms with Crippen LogP contribution in [0.2, 0.25) is 0 Å². The molecule has 1 atom stereocenters. The Labute approximate surface area is 146 Å². The van der Waals surface area contributed by atoms with Crippen LogP contribution in [0.5, 0.6) is 0 Å². The lowest BCUT2D eigenvalue weighted by atomic mass is 10.0. The Balaban J connectivity index is 2.38. The summed E-state index contributed by atoms with van der Waals surface area (Å²) >= 11 is 0. The number of aryl methyl sites for hydroxylation is 1. The predicted octanol–water partition coefficient (Wildman–Crippen LogP) is 2.74. The van der Waals surface area contributed by atoms with E-state index in [0.717, 1.165) is 0 Å². The van der Waals surface area contributed by atoms with Gasteiger partial charge in [-0.3, -0.25) is 9.59 Å². The van der Waals surface area contributed by atoms with Gasteiger partial charge in [0.05, 0.1) is 23.4 Å². The third kappa shape index (κ3) is 3.68. The Morgan fingerprint density at radius 1 is 1.28 bits per heavy atom. The molecule has 0 spiro atoms. The first-order chi connectivity index (χ1) is 11.8. The summed E-state index contributed by atoms with van der Waals surface area (Å²) in [6.07, 6.45) is 3.40. The first-order valence-electron chi connectivity index (χ1n) is 8.20. The number of ketones is 2. The van der Waals surface area contributed by atoms with Crippen molar-refractivity contribution in [2.45, 2.75) is 40.7 Å². The zero-order valence-electron chi connectivity index (χ0n) is 15.2. The second-order valence-electron chi connectivity index (χ2n) is 5.98. The quantitative estimate of drug-likeness (QED) is 0.497. The van der Waals surface area contributed by atoms with E-state index < -0.39 is 12.0 Å². The van der Waals surface area contributed by atoms with Crippen molar-refractivity contribution in [2.24, 2.45) is 0 Å². The Kier molecular flexibility index (Phi) is 5.51. The van der Waals surface area contributed by atoms with E-state index in [1.807, 2.05) is 0 Å². The Hall–Kier alpha value is -2.76. The molecule has 0 unspecified atom stereocenters. The van der Waals surface area contributed by atoms with E-state index in [1.54, 1.807) is 56.8 Å². The minimum atomic E-state index is -0.522.